The molecule has 3 rings (SSSR count). The van der Waals surface area contributed by atoms with Crippen LogP contribution in [0.4, 0.5) is 4.39 Å². The minimum atomic E-state index is -2.16. The van der Waals surface area contributed by atoms with E-state index in [9.17, 15) is 19.1 Å². The minimum absolute atomic E-state index is 0.00450. The van der Waals surface area contributed by atoms with Crippen molar-refractivity contribution in [3.8, 4) is 0 Å². The first-order valence-electron chi connectivity index (χ1n) is 14.8. The number of carbonyl (C=O) groups excluding carboxylic acids is 1. The van der Waals surface area contributed by atoms with Crippen molar-refractivity contribution in [3.05, 3.63) is 73.9 Å². The Hall–Kier alpha value is -2.59. The van der Waals surface area contributed by atoms with E-state index in [-0.39, 0.29) is 52.1 Å². The first-order chi connectivity index (χ1) is 19.9. The summed E-state index contributed by atoms with van der Waals surface area (Å²) in [6, 6.07) is 6.19. The lowest BCUT2D eigenvalue weighted by molar-refractivity contribution is 0.0522. The van der Waals surface area contributed by atoms with E-state index in [1.165, 1.54) is 6.07 Å². The van der Waals surface area contributed by atoms with Gasteiger partial charge in [-0.25, -0.2) is 14.2 Å². The third-order valence-electron chi connectivity index (χ3n) is 8.40. The van der Waals surface area contributed by atoms with Crippen LogP contribution in [0, 0.1) is 11.2 Å². The molecule has 2 heterocycles. The molecule has 1 atom stereocenters. The highest BCUT2D eigenvalue weighted by Gasteiger charge is 2.39. The SMILES string of the molecule is CCOC(=O)c1cn([C@H](CO[Si](C)(C)C(C)(C)C)C(C)(C)C)c2nc(CCCO)c(Cc3cccc(Cl)c3F)cc2c1=O. The van der Waals surface area contributed by atoms with Gasteiger partial charge in [0, 0.05) is 24.9 Å². The third-order valence-corrected chi connectivity index (χ3v) is 13.2. The van der Waals surface area contributed by atoms with Crippen LogP contribution in [0.2, 0.25) is 23.2 Å². The van der Waals surface area contributed by atoms with Crippen molar-refractivity contribution in [3.63, 3.8) is 0 Å². The average Bonchev–Trinajstić information content (AvgIpc) is 2.90. The number of pyridine rings is 2. The van der Waals surface area contributed by atoms with Crippen LogP contribution >= 0.6 is 11.6 Å². The molecule has 0 amide bonds. The number of ether oxygens (including phenoxy) is 1. The number of hydrogen-bond acceptors (Lipinski definition) is 6. The molecule has 0 radical (unpaired) electrons. The van der Waals surface area contributed by atoms with Crippen LogP contribution in [0.1, 0.15) is 88.1 Å². The molecule has 43 heavy (non-hydrogen) atoms. The van der Waals surface area contributed by atoms with E-state index in [1.54, 1.807) is 31.3 Å². The van der Waals surface area contributed by atoms with Gasteiger partial charge in [-0.3, -0.25) is 4.79 Å². The number of aromatic nitrogens is 2. The van der Waals surface area contributed by atoms with Gasteiger partial charge in [0.25, 0.3) is 0 Å². The van der Waals surface area contributed by atoms with Gasteiger partial charge in [0.2, 0.25) is 5.43 Å². The van der Waals surface area contributed by atoms with E-state index in [2.05, 4.69) is 54.6 Å². The maximum atomic E-state index is 15.0. The Morgan fingerprint density at radius 1 is 1.16 bits per heavy atom. The maximum Gasteiger partial charge on any atom is 0.343 e. The number of fused-ring (bicyclic) bond motifs is 1. The first-order valence-corrected chi connectivity index (χ1v) is 18.1. The van der Waals surface area contributed by atoms with Gasteiger partial charge in [0.05, 0.1) is 29.7 Å². The smallest absolute Gasteiger partial charge is 0.343 e. The molecule has 0 spiro atoms. The zero-order chi connectivity index (χ0) is 32.3. The summed E-state index contributed by atoms with van der Waals surface area (Å²) in [5, 5.41) is 9.85. The van der Waals surface area contributed by atoms with E-state index >= 15 is 0 Å². The van der Waals surface area contributed by atoms with Crippen molar-refractivity contribution < 1.29 is 23.5 Å². The summed E-state index contributed by atoms with van der Waals surface area (Å²) in [7, 11) is -2.16. The Morgan fingerprint density at radius 3 is 2.42 bits per heavy atom. The van der Waals surface area contributed by atoms with Crippen molar-refractivity contribution in [1.29, 1.82) is 0 Å². The molecule has 0 unspecified atom stereocenters. The zero-order valence-electron chi connectivity index (χ0n) is 26.9. The summed E-state index contributed by atoms with van der Waals surface area (Å²) < 4.78 is 28.8. The molecular formula is C33H46ClFN2O5Si. The normalized spacial score (nSPS) is 13.4. The molecule has 3 aromatic rings. The molecule has 0 saturated carbocycles. The molecule has 1 aromatic carbocycles. The summed E-state index contributed by atoms with van der Waals surface area (Å²) in [5.74, 6) is -1.25. The van der Waals surface area contributed by atoms with Crippen molar-refractivity contribution in [1.82, 2.24) is 9.55 Å². The number of aryl methyl sites for hydroxylation is 1. The summed E-state index contributed by atoms with van der Waals surface area (Å²) in [6.45, 7) is 19.3. The molecular weight excluding hydrogens is 587 g/mol. The monoisotopic (exact) mass is 632 g/mol. The number of halogens is 2. The van der Waals surface area contributed by atoms with Crippen LogP contribution in [0.5, 0.6) is 0 Å². The topological polar surface area (TPSA) is 90.7 Å². The molecule has 10 heteroatoms. The lowest BCUT2D eigenvalue weighted by Crippen LogP contribution is -2.43. The molecule has 0 aliphatic rings. The molecule has 1 N–H and O–H groups in total. The Bertz CT molecular complexity index is 1520. The van der Waals surface area contributed by atoms with Crippen LogP contribution < -0.4 is 5.43 Å². The number of rotatable bonds is 11. The van der Waals surface area contributed by atoms with Crippen molar-refractivity contribution in [2.75, 3.05) is 19.8 Å². The van der Waals surface area contributed by atoms with Crippen LogP contribution in [0.3, 0.4) is 0 Å². The molecule has 0 bridgehead atoms. The van der Waals surface area contributed by atoms with Gasteiger partial charge in [-0.2, -0.15) is 0 Å². The maximum absolute atomic E-state index is 15.0. The zero-order valence-corrected chi connectivity index (χ0v) is 28.7. The fraction of sp³-hybridized carbons (Fsp3) is 0.545. The summed E-state index contributed by atoms with van der Waals surface area (Å²) in [6.07, 6.45) is 2.54. The average molecular weight is 633 g/mol. The number of carbonyl (C=O) groups is 1. The summed E-state index contributed by atoms with van der Waals surface area (Å²) in [4.78, 5) is 31.9. The van der Waals surface area contributed by atoms with Crippen LogP contribution in [-0.2, 0) is 22.0 Å². The highest BCUT2D eigenvalue weighted by Crippen LogP contribution is 2.40. The number of hydrogen-bond donors (Lipinski definition) is 1. The Balaban J connectivity index is 2.35. The molecule has 2 aromatic heterocycles. The fourth-order valence-corrected chi connectivity index (χ4v) is 5.90. The molecule has 7 nitrogen and oxygen atoms in total. The van der Waals surface area contributed by atoms with Crippen LogP contribution in [-0.4, -0.2) is 48.8 Å². The molecule has 0 aliphatic carbocycles. The van der Waals surface area contributed by atoms with Gasteiger partial charge < -0.3 is 18.8 Å². The van der Waals surface area contributed by atoms with Gasteiger partial charge in [-0.15, -0.1) is 0 Å². The predicted molar refractivity (Wildman–Crippen MR) is 173 cm³/mol. The fourth-order valence-electron chi connectivity index (χ4n) is 4.70. The van der Waals surface area contributed by atoms with Crippen molar-refractivity contribution in [2.24, 2.45) is 5.41 Å². The van der Waals surface area contributed by atoms with E-state index in [0.29, 0.717) is 41.9 Å². The largest absolute Gasteiger partial charge is 0.462 e. The number of benzene rings is 1. The second-order valence-corrected chi connectivity index (χ2v) is 18.9. The number of nitrogens with zero attached hydrogens (tertiary/aromatic N) is 2. The second-order valence-electron chi connectivity index (χ2n) is 13.6. The number of aliphatic hydroxyl groups excluding tert-OH is 1. The molecule has 0 aliphatic heterocycles. The quantitative estimate of drug-likeness (QED) is 0.174. The van der Waals surface area contributed by atoms with Crippen LogP contribution in [0.25, 0.3) is 11.0 Å². The van der Waals surface area contributed by atoms with Gasteiger partial charge in [0.15, 0.2) is 8.32 Å². The third kappa shape index (κ3) is 7.93. The Morgan fingerprint density at radius 2 is 1.84 bits per heavy atom. The Labute approximate surface area is 260 Å². The highest BCUT2D eigenvalue weighted by molar-refractivity contribution is 6.74. The lowest BCUT2D eigenvalue weighted by Gasteiger charge is -2.40. The molecule has 0 fully saturated rings. The Kier molecular flexibility index (Phi) is 11.0. The van der Waals surface area contributed by atoms with Crippen LogP contribution in [0.15, 0.2) is 35.3 Å². The van der Waals surface area contributed by atoms with E-state index in [0.717, 1.165) is 0 Å². The second kappa shape index (κ2) is 13.6. The number of aliphatic hydroxyl groups is 1. The standard InChI is InChI=1S/C33H46ClFN2O5Si/c1-10-41-31(40)24-19-37(27(32(2,3)4)20-42-43(8,9)33(5,6)7)30-23(29(24)39)18-22(26(36-30)15-12-16-38)17-21-13-11-14-25(34)28(21)35/h11,13-14,18-19,27,38H,10,12,15-17,20H2,1-9H3/t27-/m1/s1. The van der Waals surface area contributed by atoms with Gasteiger partial charge in [0.1, 0.15) is 17.0 Å². The van der Waals surface area contributed by atoms with Crippen molar-refractivity contribution in [2.45, 2.75) is 91.9 Å². The van der Waals surface area contributed by atoms with Crippen molar-refractivity contribution >= 4 is 36.9 Å². The predicted octanol–water partition coefficient (Wildman–Crippen LogP) is 7.49. The number of esters is 1. The summed E-state index contributed by atoms with van der Waals surface area (Å²) in [5.41, 5.74) is 1.06. The minimum Gasteiger partial charge on any atom is -0.462 e. The lowest BCUT2D eigenvalue weighted by atomic mass is 9.86. The molecule has 0 saturated heterocycles. The van der Waals surface area contributed by atoms with Gasteiger partial charge in [-0.1, -0.05) is 65.3 Å². The van der Waals surface area contributed by atoms with E-state index in [4.69, 9.17) is 25.7 Å². The highest BCUT2D eigenvalue weighted by atomic mass is 35.5. The first kappa shape index (κ1) is 34.9. The van der Waals surface area contributed by atoms with Gasteiger partial charge in [-0.05, 0) is 66.6 Å². The van der Waals surface area contributed by atoms with Gasteiger partial charge >= 0.3 is 5.97 Å². The van der Waals surface area contributed by atoms with E-state index in [1.807, 2.05) is 4.57 Å². The summed E-state index contributed by atoms with van der Waals surface area (Å²) >= 11 is 6.06. The molecule has 236 valence electrons. The van der Waals surface area contributed by atoms with E-state index < -0.39 is 25.5 Å².